The molecule has 0 aromatic heterocycles. The Morgan fingerprint density at radius 1 is 1.00 bits per heavy atom. The monoisotopic (exact) mass is 514 g/mol. The molecule has 3 rings (SSSR count). The number of hydrogen-bond acceptors (Lipinski definition) is 9. The van der Waals surface area contributed by atoms with E-state index in [0.29, 0.717) is 11.3 Å². The number of methoxy groups -OCH3 is 1. The van der Waals surface area contributed by atoms with E-state index < -0.39 is 48.4 Å². The summed E-state index contributed by atoms with van der Waals surface area (Å²) in [5.74, 6) is 0.509. The molecule has 3 unspecified atom stereocenters. The van der Waals surface area contributed by atoms with Crippen LogP contribution in [0.15, 0.2) is 36.4 Å². The molecule has 1 heterocycles. The molecule has 0 bridgehead atoms. The highest BCUT2D eigenvalue weighted by atomic mass is 31.3. The van der Waals surface area contributed by atoms with Crippen molar-refractivity contribution in [2.45, 2.75) is 24.7 Å². The topological polar surface area (TPSA) is 199 Å². The Morgan fingerprint density at radius 3 is 2.22 bits per heavy atom. The number of fused-ring (bicyclic) bond motifs is 1. The van der Waals surface area contributed by atoms with Crippen LogP contribution in [-0.2, 0) is 31.6 Å². The summed E-state index contributed by atoms with van der Waals surface area (Å²) >= 11 is 0. The number of aliphatic hydroxyl groups excluding tert-OH is 1. The Hall–Kier alpha value is -1.17. The summed E-state index contributed by atoms with van der Waals surface area (Å²) in [4.78, 5) is 35.8. The van der Waals surface area contributed by atoms with Gasteiger partial charge in [-0.2, -0.15) is 8.62 Å². The average Bonchev–Trinajstić information content (AvgIpc) is 3.03. The third kappa shape index (κ3) is 6.68. The zero-order valence-corrected chi connectivity index (χ0v) is 19.1. The van der Waals surface area contributed by atoms with Crippen LogP contribution in [0.2, 0.25) is 0 Å². The van der Waals surface area contributed by atoms with E-state index in [1.54, 1.807) is 6.07 Å². The van der Waals surface area contributed by atoms with Gasteiger partial charge in [-0.1, -0.05) is 24.3 Å². The molecule has 0 spiro atoms. The molecule has 2 aromatic rings. The van der Waals surface area contributed by atoms with E-state index >= 15 is 0 Å². The van der Waals surface area contributed by atoms with Crippen LogP contribution in [-0.4, -0.2) is 50.6 Å². The Labute approximate surface area is 181 Å². The number of aliphatic hydroxyl groups is 1. The molecule has 1 aliphatic heterocycles. The fraction of sp³-hybridized carbons (Fsp3) is 0.375. The maximum absolute atomic E-state index is 11.9. The minimum Gasteiger partial charge on any atom is -0.496 e. The van der Waals surface area contributed by atoms with E-state index in [0.717, 1.165) is 10.8 Å². The van der Waals surface area contributed by atoms with Gasteiger partial charge in [0.15, 0.2) is 0 Å². The van der Waals surface area contributed by atoms with E-state index in [-0.39, 0.29) is 6.42 Å². The molecule has 2 aromatic carbocycles. The molecule has 5 N–H and O–H groups in total. The first-order valence-electron chi connectivity index (χ1n) is 8.97. The molecule has 0 saturated carbocycles. The first kappa shape index (κ1) is 25.5. The number of hydrogen-bond donors (Lipinski definition) is 5. The molecule has 1 fully saturated rings. The van der Waals surface area contributed by atoms with Crippen molar-refractivity contribution < 1.29 is 61.0 Å². The summed E-state index contributed by atoms with van der Waals surface area (Å²) in [6.07, 6.45) is -2.82. The minimum atomic E-state index is -5.63. The Morgan fingerprint density at radius 2 is 1.62 bits per heavy atom. The summed E-state index contributed by atoms with van der Waals surface area (Å²) in [7, 11) is -15.0. The first-order valence-corrected chi connectivity index (χ1v) is 13.5. The van der Waals surface area contributed by atoms with Gasteiger partial charge in [-0.25, -0.2) is 13.7 Å². The van der Waals surface area contributed by atoms with Crippen molar-refractivity contribution in [3.8, 4) is 5.75 Å². The van der Waals surface area contributed by atoms with Gasteiger partial charge in [0.2, 0.25) is 0 Å². The van der Waals surface area contributed by atoms with Crippen molar-refractivity contribution in [1.29, 1.82) is 0 Å². The van der Waals surface area contributed by atoms with Crippen molar-refractivity contribution in [3.05, 3.63) is 42.0 Å². The van der Waals surface area contributed by atoms with Gasteiger partial charge in [0.05, 0.1) is 25.9 Å². The zero-order chi connectivity index (χ0) is 23.7. The van der Waals surface area contributed by atoms with Gasteiger partial charge in [-0.3, -0.25) is 4.52 Å². The van der Waals surface area contributed by atoms with Crippen molar-refractivity contribution >= 4 is 34.2 Å². The average molecular weight is 514 g/mol. The van der Waals surface area contributed by atoms with Crippen molar-refractivity contribution in [2.24, 2.45) is 0 Å². The van der Waals surface area contributed by atoms with Crippen molar-refractivity contribution in [1.82, 2.24) is 0 Å². The molecule has 1 aliphatic rings. The first-order chi connectivity index (χ1) is 14.8. The standard InChI is InChI=1S/C16H21O13P3/c1-25-14-7-11-5-3-2-4-10(11)6-12(14)15-8-13(17)16(27-15)9-26-31(21,22)29-32(23,24)28-30(18,19)20/h2-7,13,15-17H,8-9H2,1H3,(H,21,22)(H,23,24)(H2,18,19,20)/t13?,15-,16-/m1/s1. The lowest BCUT2D eigenvalue weighted by molar-refractivity contribution is -0.0225. The van der Waals surface area contributed by atoms with Gasteiger partial charge in [-0.15, -0.1) is 0 Å². The SMILES string of the molecule is COc1cc2ccccc2cc1[C@H]1CC(O)[C@@H](COP(=O)(O)OP(=O)(O)OP(=O)(O)O)O1. The predicted octanol–water partition coefficient (Wildman–Crippen LogP) is 2.38. The maximum atomic E-state index is 11.9. The number of ether oxygens (including phenoxy) is 2. The third-order valence-corrected chi connectivity index (χ3v) is 8.29. The largest absolute Gasteiger partial charge is 0.496 e. The number of benzene rings is 2. The fourth-order valence-corrected chi connectivity index (χ4v) is 6.25. The second-order valence-corrected chi connectivity index (χ2v) is 11.2. The number of rotatable bonds is 9. The lowest BCUT2D eigenvalue weighted by Gasteiger charge is -2.20. The third-order valence-electron chi connectivity index (χ3n) is 4.49. The molecule has 13 nitrogen and oxygen atoms in total. The number of phosphoric ester groups is 1. The molecule has 32 heavy (non-hydrogen) atoms. The molecule has 0 amide bonds. The van der Waals surface area contributed by atoms with Gasteiger partial charge in [0, 0.05) is 12.0 Å². The van der Waals surface area contributed by atoms with Crippen molar-refractivity contribution in [2.75, 3.05) is 13.7 Å². The maximum Gasteiger partial charge on any atom is 0.490 e. The summed E-state index contributed by atoms with van der Waals surface area (Å²) in [5, 5.41) is 12.1. The molecular formula is C16H21O13P3. The molecule has 178 valence electrons. The smallest absolute Gasteiger partial charge is 0.490 e. The Bertz CT molecular complexity index is 1120. The summed E-state index contributed by atoms with van der Waals surface area (Å²) in [5.41, 5.74) is 0.631. The van der Waals surface area contributed by atoms with E-state index in [9.17, 15) is 28.6 Å². The van der Waals surface area contributed by atoms with Crippen molar-refractivity contribution in [3.63, 3.8) is 0 Å². The molecule has 16 heteroatoms. The van der Waals surface area contributed by atoms with Gasteiger partial charge in [0.1, 0.15) is 11.9 Å². The fourth-order valence-electron chi connectivity index (χ4n) is 3.22. The summed E-state index contributed by atoms with van der Waals surface area (Å²) in [6.45, 7) is -0.739. The van der Waals surface area contributed by atoms with Crippen LogP contribution in [0.1, 0.15) is 18.1 Å². The minimum absolute atomic E-state index is 0.0964. The highest BCUT2D eigenvalue weighted by molar-refractivity contribution is 7.66. The zero-order valence-electron chi connectivity index (χ0n) is 16.5. The molecule has 0 aliphatic carbocycles. The van der Waals surface area contributed by atoms with Crippen LogP contribution in [0.5, 0.6) is 5.75 Å². The summed E-state index contributed by atoms with van der Waals surface area (Å²) in [6, 6.07) is 11.1. The summed E-state index contributed by atoms with van der Waals surface area (Å²) < 4.78 is 56.9. The second-order valence-electron chi connectivity index (χ2n) is 6.79. The van der Waals surface area contributed by atoms with Crippen LogP contribution in [0.4, 0.5) is 0 Å². The van der Waals surface area contributed by atoms with Crippen LogP contribution in [0.3, 0.4) is 0 Å². The Kier molecular flexibility index (Phi) is 7.63. The highest BCUT2D eigenvalue weighted by Crippen LogP contribution is 2.66. The molecule has 5 atom stereocenters. The van der Waals surface area contributed by atoms with E-state index in [2.05, 4.69) is 13.1 Å². The molecule has 0 radical (unpaired) electrons. The highest BCUT2D eigenvalue weighted by Gasteiger charge is 2.43. The normalized spacial score (nSPS) is 25.4. The lowest BCUT2D eigenvalue weighted by atomic mass is 9.99. The van der Waals surface area contributed by atoms with E-state index in [1.165, 1.54) is 7.11 Å². The Balaban J connectivity index is 1.68. The van der Waals surface area contributed by atoms with Crippen LogP contribution in [0, 0.1) is 0 Å². The van der Waals surface area contributed by atoms with E-state index in [4.69, 9.17) is 19.3 Å². The van der Waals surface area contributed by atoms with Gasteiger partial charge >= 0.3 is 23.5 Å². The molecule has 1 saturated heterocycles. The van der Waals surface area contributed by atoms with Gasteiger partial charge < -0.3 is 34.2 Å². The van der Waals surface area contributed by atoms with Crippen LogP contribution < -0.4 is 4.74 Å². The second kappa shape index (κ2) is 9.60. The molecular weight excluding hydrogens is 493 g/mol. The van der Waals surface area contributed by atoms with E-state index in [1.807, 2.05) is 30.3 Å². The quantitative estimate of drug-likeness (QED) is 0.306. The van der Waals surface area contributed by atoms with Crippen LogP contribution in [0.25, 0.3) is 10.8 Å². The van der Waals surface area contributed by atoms with Gasteiger partial charge in [0.25, 0.3) is 0 Å². The predicted molar refractivity (Wildman–Crippen MR) is 109 cm³/mol. The number of phosphoric acid groups is 3. The van der Waals surface area contributed by atoms with Gasteiger partial charge in [-0.05, 0) is 22.9 Å². The lowest BCUT2D eigenvalue weighted by Crippen LogP contribution is -2.26. The van der Waals surface area contributed by atoms with Crippen LogP contribution >= 0.6 is 23.5 Å².